The van der Waals surface area contributed by atoms with Gasteiger partial charge in [0.05, 0.1) is 0 Å². The lowest BCUT2D eigenvalue weighted by Gasteiger charge is -2.10. The molecule has 0 saturated carbocycles. The van der Waals surface area contributed by atoms with Crippen molar-refractivity contribution in [2.75, 3.05) is 0 Å². The number of nitrogens with two attached hydrogens (primary N) is 1. The van der Waals surface area contributed by atoms with Gasteiger partial charge in [0.1, 0.15) is 5.82 Å². The van der Waals surface area contributed by atoms with Crippen LogP contribution in [-0.4, -0.2) is 15.6 Å². The average Bonchev–Trinajstić information content (AvgIpc) is 2.48. The predicted molar refractivity (Wildman–Crippen MR) is 54.4 cm³/mol. The lowest BCUT2D eigenvalue weighted by molar-refractivity contribution is 0.553. The molecule has 0 fully saturated rings. The summed E-state index contributed by atoms with van der Waals surface area (Å²) in [4.78, 5) is 4.25. The summed E-state index contributed by atoms with van der Waals surface area (Å²) in [6, 6.07) is 0.265. The molecular weight excluding hydrogens is 162 g/mol. The lowest BCUT2D eigenvalue weighted by Crippen LogP contribution is -2.24. The molecule has 3 nitrogen and oxygen atoms in total. The Morgan fingerprint density at radius 3 is 2.92 bits per heavy atom. The smallest absolute Gasteiger partial charge is 0.109 e. The number of aromatic nitrogens is 2. The second-order valence-corrected chi connectivity index (χ2v) is 3.56. The molecule has 0 amide bonds. The van der Waals surface area contributed by atoms with E-state index in [0.29, 0.717) is 0 Å². The van der Waals surface area contributed by atoms with Crippen LogP contribution in [0.5, 0.6) is 0 Å². The molecule has 0 aliphatic carbocycles. The number of hydrogen-bond donors (Lipinski definition) is 1. The molecule has 0 aliphatic heterocycles. The Balaban J connectivity index is 2.36. The Bertz CT molecular complexity index is 242. The average molecular weight is 181 g/mol. The highest BCUT2D eigenvalue weighted by molar-refractivity contribution is 4.93. The summed E-state index contributed by atoms with van der Waals surface area (Å²) < 4.78 is 2.03. The summed E-state index contributed by atoms with van der Waals surface area (Å²) in [7, 11) is 2.01. The van der Waals surface area contributed by atoms with Gasteiger partial charge >= 0.3 is 0 Å². The zero-order chi connectivity index (χ0) is 9.68. The third kappa shape index (κ3) is 3.19. The summed E-state index contributed by atoms with van der Waals surface area (Å²) in [5.74, 6) is 1.09. The Morgan fingerprint density at radius 1 is 1.62 bits per heavy atom. The van der Waals surface area contributed by atoms with Gasteiger partial charge in [0.25, 0.3) is 0 Å². The van der Waals surface area contributed by atoms with Crippen molar-refractivity contribution in [3.05, 3.63) is 18.2 Å². The van der Waals surface area contributed by atoms with E-state index in [2.05, 4.69) is 11.9 Å². The van der Waals surface area contributed by atoms with Gasteiger partial charge in [-0.2, -0.15) is 0 Å². The van der Waals surface area contributed by atoms with Gasteiger partial charge in [-0.1, -0.05) is 19.8 Å². The van der Waals surface area contributed by atoms with Crippen molar-refractivity contribution in [2.45, 2.75) is 38.6 Å². The monoisotopic (exact) mass is 181 g/mol. The van der Waals surface area contributed by atoms with Crippen LogP contribution in [0.1, 0.15) is 32.0 Å². The van der Waals surface area contributed by atoms with Gasteiger partial charge in [-0.15, -0.1) is 0 Å². The van der Waals surface area contributed by atoms with Crippen molar-refractivity contribution in [1.82, 2.24) is 9.55 Å². The number of nitrogens with zero attached hydrogens (tertiary/aromatic N) is 2. The molecule has 0 spiro atoms. The van der Waals surface area contributed by atoms with Crippen molar-refractivity contribution >= 4 is 0 Å². The van der Waals surface area contributed by atoms with E-state index in [0.717, 1.165) is 18.7 Å². The van der Waals surface area contributed by atoms with Gasteiger partial charge in [0, 0.05) is 31.9 Å². The van der Waals surface area contributed by atoms with Crippen LogP contribution in [0, 0.1) is 0 Å². The highest BCUT2D eigenvalue weighted by atomic mass is 15.0. The molecule has 0 aromatic carbocycles. The van der Waals surface area contributed by atoms with Crippen LogP contribution in [0.25, 0.3) is 0 Å². The molecule has 1 rings (SSSR count). The van der Waals surface area contributed by atoms with Gasteiger partial charge in [-0.3, -0.25) is 0 Å². The fourth-order valence-corrected chi connectivity index (χ4v) is 1.40. The topological polar surface area (TPSA) is 43.8 Å². The molecule has 3 heteroatoms. The maximum atomic E-state index is 5.97. The summed E-state index contributed by atoms with van der Waals surface area (Å²) in [6.07, 6.45) is 8.20. The number of imidazole rings is 1. The normalized spacial score (nSPS) is 13.2. The van der Waals surface area contributed by atoms with Crippen molar-refractivity contribution in [3.8, 4) is 0 Å². The summed E-state index contributed by atoms with van der Waals surface area (Å²) in [5, 5.41) is 0. The first-order valence-electron chi connectivity index (χ1n) is 4.95. The second-order valence-electron chi connectivity index (χ2n) is 3.56. The second kappa shape index (κ2) is 5.02. The number of aryl methyl sites for hydroxylation is 1. The van der Waals surface area contributed by atoms with Gasteiger partial charge < -0.3 is 10.3 Å². The Hall–Kier alpha value is -0.830. The highest BCUT2D eigenvalue weighted by Gasteiger charge is 2.06. The molecule has 0 saturated heterocycles. The van der Waals surface area contributed by atoms with Crippen molar-refractivity contribution in [2.24, 2.45) is 12.8 Å². The van der Waals surface area contributed by atoms with Gasteiger partial charge in [0.2, 0.25) is 0 Å². The molecule has 1 unspecified atom stereocenters. The zero-order valence-corrected chi connectivity index (χ0v) is 8.53. The van der Waals surface area contributed by atoms with Crippen molar-refractivity contribution in [1.29, 1.82) is 0 Å². The van der Waals surface area contributed by atoms with Crippen LogP contribution in [0.2, 0.25) is 0 Å². The molecule has 1 aromatic rings. The van der Waals surface area contributed by atoms with Crippen molar-refractivity contribution < 1.29 is 0 Å². The van der Waals surface area contributed by atoms with E-state index in [1.165, 1.54) is 12.8 Å². The van der Waals surface area contributed by atoms with E-state index in [4.69, 9.17) is 5.73 Å². The van der Waals surface area contributed by atoms with E-state index in [1.807, 2.05) is 24.0 Å². The number of rotatable bonds is 5. The fourth-order valence-electron chi connectivity index (χ4n) is 1.40. The van der Waals surface area contributed by atoms with Crippen LogP contribution in [0.4, 0.5) is 0 Å². The van der Waals surface area contributed by atoms with Gasteiger partial charge in [0.15, 0.2) is 0 Å². The minimum absolute atomic E-state index is 0.265. The van der Waals surface area contributed by atoms with E-state index in [-0.39, 0.29) is 6.04 Å². The van der Waals surface area contributed by atoms with Crippen LogP contribution in [0.15, 0.2) is 12.4 Å². The molecule has 0 aliphatic rings. The lowest BCUT2D eigenvalue weighted by atomic mass is 10.1. The van der Waals surface area contributed by atoms with Crippen LogP contribution in [-0.2, 0) is 13.5 Å². The van der Waals surface area contributed by atoms with Gasteiger partial charge in [-0.25, -0.2) is 4.98 Å². The van der Waals surface area contributed by atoms with E-state index in [1.54, 1.807) is 0 Å². The molecule has 0 bridgehead atoms. The fraction of sp³-hybridized carbons (Fsp3) is 0.700. The summed E-state index contributed by atoms with van der Waals surface area (Å²) in [5.41, 5.74) is 5.97. The Kier molecular flexibility index (Phi) is 3.96. The molecule has 13 heavy (non-hydrogen) atoms. The zero-order valence-electron chi connectivity index (χ0n) is 8.53. The summed E-state index contributed by atoms with van der Waals surface area (Å²) >= 11 is 0. The molecular formula is C10H19N3. The molecule has 1 aromatic heterocycles. The SMILES string of the molecule is CCCCC(N)Cc1nccn1C. The van der Waals surface area contributed by atoms with Crippen LogP contribution in [0.3, 0.4) is 0 Å². The predicted octanol–water partition coefficient (Wildman–Crippen LogP) is 1.48. The highest BCUT2D eigenvalue weighted by Crippen LogP contribution is 2.04. The minimum Gasteiger partial charge on any atom is -0.338 e. The molecule has 0 radical (unpaired) electrons. The third-order valence-electron chi connectivity index (χ3n) is 2.29. The maximum Gasteiger partial charge on any atom is 0.109 e. The Morgan fingerprint density at radius 2 is 2.38 bits per heavy atom. The van der Waals surface area contributed by atoms with Crippen molar-refractivity contribution in [3.63, 3.8) is 0 Å². The van der Waals surface area contributed by atoms with E-state index in [9.17, 15) is 0 Å². The molecule has 2 N–H and O–H groups in total. The first-order valence-corrected chi connectivity index (χ1v) is 4.95. The van der Waals surface area contributed by atoms with Gasteiger partial charge in [-0.05, 0) is 6.42 Å². The molecule has 74 valence electrons. The largest absolute Gasteiger partial charge is 0.338 e. The minimum atomic E-state index is 0.265. The first kappa shape index (κ1) is 10.3. The third-order valence-corrected chi connectivity index (χ3v) is 2.29. The molecule has 1 heterocycles. The first-order chi connectivity index (χ1) is 6.24. The van der Waals surface area contributed by atoms with E-state index >= 15 is 0 Å². The Labute approximate surface area is 80.0 Å². The quantitative estimate of drug-likeness (QED) is 0.747. The van der Waals surface area contributed by atoms with Crippen LogP contribution < -0.4 is 5.73 Å². The number of hydrogen-bond acceptors (Lipinski definition) is 2. The number of unbranched alkanes of at least 4 members (excludes halogenated alkanes) is 1. The molecule has 1 atom stereocenters. The standard InChI is InChI=1S/C10H19N3/c1-3-4-5-9(11)8-10-12-6-7-13(10)2/h6-7,9H,3-5,8,11H2,1-2H3. The summed E-state index contributed by atoms with van der Waals surface area (Å²) in [6.45, 7) is 2.19. The van der Waals surface area contributed by atoms with E-state index < -0.39 is 0 Å². The maximum absolute atomic E-state index is 5.97. The van der Waals surface area contributed by atoms with Crippen LogP contribution >= 0.6 is 0 Å².